The minimum Gasteiger partial charge on any atom is -0.369 e. The molecular weight excluding hydrogens is 120 g/mol. The summed E-state index contributed by atoms with van der Waals surface area (Å²) >= 11 is 2.04. The van der Waals surface area contributed by atoms with E-state index in [-0.39, 0.29) is 0 Å². The van der Waals surface area contributed by atoms with Gasteiger partial charge in [0.1, 0.15) is 5.60 Å². The van der Waals surface area contributed by atoms with Crippen LogP contribution in [-0.2, 0) is 4.74 Å². The SMILES string of the molecule is C1CSCC2(C1)CO2. The van der Waals surface area contributed by atoms with Gasteiger partial charge in [-0.25, -0.2) is 0 Å². The fraction of sp³-hybridized carbons (Fsp3) is 1.00. The first kappa shape index (κ1) is 5.12. The summed E-state index contributed by atoms with van der Waals surface area (Å²) < 4.78 is 5.32. The van der Waals surface area contributed by atoms with Crippen molar-refractivity contribution in [1.29, 1.82) is 0 Å². The van der Waals surface area contributed by atoms with Gasteiger partial charge in [-0.2, -0.15) is 11.8 Å². The molecule has 1 unspecified atom stereocenters. The lowest BCUT2D eigenvalue weighted by Gasteiger charge is -2.15. The topological polar surface area (TPSA) is 12.5 Å². The maximum atomic E-state index is 5.32. The van der Waals surface area contributed by atoms with E-state index in [1.807, 2.05) is 11.8 Å². The van der Waals surface area contributed by atoms with E-state index < -0.39 is 0 Å². The molecule has 2 rings (SSSR count). The largest absolute Gasteiger partial charge is 0.369 e. The van der Waals surface area contributed by atoms with Gasteiger partial charge in [-0.1, -0.05) is 0 Å². The molecule has 2 heteroatoms. The first-order chi connectivity index (χ1) is 3.91. The van der Waals surface area contributed by atoms with E-state index in [1.165, 1.54) is 24.3 Å². The number of ether oxygens (including phenoxy) is 1. The highest BCUT2D eigenvalue weighted by Gasteiger charge is 2.45. The molecule has 1 nitrogen and oxygen atoms in total. The highest BCUT2D eigenvalue weighted by Crippen LogP contribution is 2.39. The Balaban J connectivity index is 1.95. The van der Waals surface area contributed by atoms with Crippen molar-refractivity contribution in [3.63, 3.8) is 0 Å². The monoisotopic (exact) mass is 130 g/mol. The van der Waals surface area contributed by atoms with Crippen LogP contribution in [0, 0.1) is 0 Å². The van der Waals surface area contributed by atoms with Crippen LogP contribution in [0.25, 0.3) is 0 Å². The predicted molar refractivity (Wildman–Crippen MR) is 35.2 cm³/mol. The molecule has 0 saturated carbocycles. The fourth-order valence-corrected chi connectivity index (χ4v) is 2.33. The Hall–Kier alpha value is 0.310. The van der Waals surface area contributed by atoms with Crippen LogP contribution in [0.1, 0.15) is 12.8 Å². The molecule has 0 amide bonds. The van der Waals surface area contributed by atoms with Crippen LogP contribution in [0.5, 0.6) is 0 Å². The Morgan fingerprint density at radius 3 is 2.75 bits per heavy atom. The Morgan fingerprint density at radius 1 is 1.50 bits per heavy atom. The number of thioether (sulfide) groups is 1. The number of hydrogen-bond acceptors (Lipinski definition) is 2. The molecule has 1 spiro atoms. The summed E-state index contributed by atoms with van der Waals surface area (Å²) in [6.07, 6.45) is 2.69. The van der Waals surface area contributed by atoms with Gasteiger partial charge < -0.3 is 4.74 Å². The second-order valence-corrected chi connectivity index (χ2v) is 3.73. The molecule has 8 heavy (non-hydrogen) atoms. The average molecular weight is 130 g/mol. The Labute approximate surface area is 53.8 Å². The molecule has 2 aliphatic rings. The Bertz CT molecular complexity index is 90.7. The van der Waals surface area contributed by atoms with Crippen LogP contribution >= 0.6 is 11.8 Å². The van der Waals surface area contributed by atoms with Crippen molar-refractivity contribution in [2.24, 2.45) is 0 Å². The van der Waals surface area contributed by atoms with Crippen LogP contribution in [0.15, 0.2) is 0 Å². The van der Waals surface area contributed by atoms with E-state index in [4.69, 9.17) is 4.74 Å². The van der Waals surface area contributed by atoms with E-state index in [9.17, 15) is 0 Å². The van der Waals surface area contributed by atoms with Crippen molar-refractivity contribution in [3.05, 3.63) is 0 Å². The molecule has 2 saturated heterocycles. The van der Waals surface area contributed by atoms with Gasteiger partial charge in [0.05, 0.1) is 6.61 Å². The van der Waals surface area contributed by atoms with E-state index >= 15 is 0 Å². The maximum Gasteiger partial charge on any atom is 0.101 e. The van der Waals surface area contributed by atoms with Crippen molar-refractivity contribution in [2.75, 3.05) is 18.1 Å². The lowest BCUT2D eigenvalue weighted by molar-refractivity contribution is 0.308. The van der Waals surface area contributed by atoms with Crippen LogP contribution in [0.4, 0.5) is 0 Å². The lowest BCUT2D eigenvalue weighted by atomic mass is 10.1. The molecule has 0 N–H and O–H groups in total. The second kappa shape index (κ2) is 1.64. The zero-order chi connectivity index (χ0) is 5.45. The van der Waals surface area contributed by atoms with E-state index in [1.54, 1.807) is 0 Å². The molecule has 2 fully saturated rings. The standard InChI is InChI=1S/C6H10OS/c1-2-6(4-7-6)5-8-3-1/h1-5H2. The van der Waals surface area contributed by atoms with Crippen molar-refractivity contribution < 1.29 is 4.74 Å². The molecule has 2 aliphatic heterocycles. The summed E-state index contributed by atoms with van der Waals surface area (Å²) in [5.41, 5.74) is 0.392. The summed E-state index contributed by atoms with van der Waals surface area (Å²) in [5.74, 6) is 2.61. The van der Waals surface area contributed by atoms with Crippen molar-refractivity contribution in [3.8, 4) is 0 Å². The molecule has 0 aromatic rings. The highest BCUT2D eigenvalue weighted by atomic mass is 32.2. The molecule has 1 atom stereocenters. The van der Waals surface area contributed by atoms with Gasteiger partial charge in [-0.15, -0.1) is 0 Å². The van der Waals surface area contributed by atoms with Gasteiger partial charge >= 0.3 is 0 Å². The molecule has 46 valence electrons. The van der Waals surface area contributed by atoms with Gasteiger partial charge in [0.15, 0.2) is 0 Å². The molecule has 0 aromatic heterocycles. The summed E-state index contributed by atoms with van der Waals surface area (Å²) in [5, 5.41) is 0. The average Bonchev–Trinajstić information content (AvgIpc) is 2.52. The minimum absolute atomic E-state index is 0.392. The van der Waals surface area contributed by atoms with Crippen molar-refractivity contribution in [2.45, 2.75) is 18.4 Å². The third-order valence-corrected chi connectivity index (χ3v) is 3.15. The van der Waals surface area contributed by atoms with Crippen molar-refractivity contribution in [1.82, 2.24) is 0 Å². The van der Waals surface area contributed by atoms with Crippen LogP contribution in [0.3, 0.4) is 0 Å². The number of epoxide rings is 1. The molecule has 2 heterocycles. The van der Waals surface area contributed by atoms with Gasteiger partial charge in [0, 0.05) is 5.75 Å². The third kappa shape index (κ3) is 0.759. The summed E-state index contributed by atoms with van der Waals surface area (Å²) in [7, 11) is 0. The van der Waals surface area contributed by atoms with Gasteiger partial charge in [-0.3, -0.25) is 0 Å². The third-order valence-electron chi connectivity index (χ3n) is 1.84. The number of rotatable bonds is 0. The minimum atomic E-state index is 0.392. The lowest BCUT2D eigenvalue weighted by Crippen LogP contribution is -2.19. The van der Waals surface area contributed by atoms with E-state index in [0.29, 0.717) is 5.60 Å². The van der Waals surface area contributed by atoms with Gasteiger partial charge in [0.2, 0.25) is 0 Å². The molecule has 0 aromatic carbocycles. The summed E-state index contributed by atoms with van der Waals surface area (Å²) in [6, 6.07) is 0. The normalized spacial score (nSPS) is 45.0. The molecule has 0 bridgehead atoms. The highest BCUT2D eigenvalue weighted by molar-refractivity contribution is 7.99. The van der Waals surface area contributed by atoms with E-state index in [0.717, 1.165) is 6.61 Å². The van der Waals surface area contributed by atoms with Gasteiger partial charge in [0.25, 0.3) is 0 Å². The summed E-state index contributed by atoms with van der Waals surface area (Å²) in [6.45, 7) is 1.04. The zero-order valence-corrected chi connectivity index (χ0v) is 5.67. The number of hydrogen-bond donors (Lipinski definition) is 0. The van der Waals surface area contributed by atoms with Crippen molar-refractivity contribution >= 4 is 11.8 Å². The Morgan fingerprint density at radius 2 is 2.38 bits per heavy atom. The van der Waals surface area contributed by atoms with Crippen LogP contribution in [-0.4, -0.2) is 23.7 Å². The quantitative estimate of drug-likeness (QED) is 0.458. The fourth-order valence-electron chi connectivity index (χ4n) is 1.16. The molecular formula is C6H10OS. The summed E-state index contributed by atoms with van der Waals surface area (Å²) in [4.78, 5) is 0. The van der Waals surface area contributed by atoms with E-state index in [2.05, 4.69) is 0 Å². The Kier molecular flexibility index (Phi) is 1.05. The molecule has 0 radical (unpaired) electrons. The smallest absolute Gasteiger partial charge is 0.101 e. The predicted octanol–water partition coefficient (Wildman–Crippen LogP) is 1.28. The first-order valence-corrected chi connectivity index (χ1v) is 4.29. The zero-order valence-electron chi connectivity index (χ0n) is 4.85. The van der Waals surface area contributed by atoms with Gasteiger partial charge in [-0.05, 0) is 18.6 Å². The maximum absolute atomic E-state index is 5.32. The molecule has 0 aliphatic carbocycles. The second-order valence-electron chi connectivity index (χ2n) is 2.63. The first-order valence-electron chi connectivity index (χ1n) is 3.13. The van der Waals surface area contributed by atoms with Crippen LogP contribution in [0.2, 0.25) is 0 Å². The van der Waals surface area contributed by atoms with Crippen LogP contribution < -0.4 is 0 Å².